The molecule has 1 rings (SSSR count). The van der Waals surface area contributed by atoms with Crippen LogP contribution in [0.5, 0.6) is 0 Å². The number of hydrogen-bond acceptors (Lipinski definition) is 3. The number of carbonyl (C=O) groups is 2. The van der Waals surface area contributed by atoms with Gasteiger partial charge in [-0.3, -0.25) is 9.59 Å². The molecule has 4 N–H and O–H groups in total. The maximum Gasteiger partial charge on any atom is 0.240 e. The van der Waals surface area contributed by atoms with Crippen LogP contribution in [0.15, 0.2) is 0 Å². The first-order valence-corrected chi connectivity index (χ1v) is 6.11. The number of rotatable bonds is 4. The van der Waals surface area contributed by atoms with Crippen molar-refractivity contribution in [2.45, 2.75) is 45.6 Å². The lowest BCUT2D eigenvalue weighted by atomic mass is 9.88. The molecule has 1 heterocycles. The van der Waals surface area contributed by atoms with Gasteiger partial charge in [0.05, 0.1) is 11.0 Å². The maximum absolute atomic E-state index is 12.1. The zero-order valence-electron chi connectivity index (χ0n) is 10.9. The van der Waals surface area contributed by atoms with E-state index in [1.807, 2.05) is 6.92 Å². The van der Waals surface area contributed by atoms with Gasteiger partial charge in [-0.2, -0.15) is 0 Å². The fraction of sp³-hybridized carbons (Fsp3) is 0.833. The van der Waals surface area contributed by atoms with Gasteiger partial charge in [0.1, 0.15) is 0 Å². The Morgan fingerprint density at radius 2 is 2.06 bits per heavy atom. The second-order valence-corrected chi connectivity index (χ2v) is 5.65. The molecule has 0 aromatic carbocycles. The average molecular weight is 241 g/mol. The van der Waals surface area contributed by atoms with E-state index in [1.165, 1.54) is 0 Å². The van der Waals surface area contributed by atoms with Crippen LogP contribution in [0.1, 0.15) is 40.0 Å². The molecule has 1 saturated heterocycles. The quantitative estimate of drug-likeness (QED) is 0.655. The molecule has 5 heteroatoms. The molecule has 0 aromatic heterocycles. The standard InChI is InChI=1S/C12H23N3O2/c1-11(2,9(13)16)8-14-10(17)12(3)6-4-5-7-15-12/h15H,4-8H2,1-3H3,(H2,13,16)(H,14,17). The summed E-state index contributed by atoms with van der Waals surface area (Å²) in [4.78, 5) is 23.2. The highest BCUT2D eigenvalue weighted by molar-refractivity contribution is 5.87. The second kappa shape index (κ2) is 5.04. The fourth-order valence-electron chi connectivity index (χ4n) is 1.83. The summed E-state index contributed by atoms with van der Waals surface area (Å²) in [6.07, 6.45) is 2.99. The Hall–Kier alpha value is -1.10. The van der Waals surface area contributed by atoms with Crippen LogP contribution in [0.25, 0.3) is 0 Å². The molecule has 1 aliphatic heterocycles. The molecule has 1 atom stereocenters. The van der Waals surface area contributed by atoms with Crippen molar-refractivity contribution < 1.29 is 9.59 Å². The van der Waals surface area contributed by atoms with E-state index in [2.05, 4.69) is 10.6 Å². The molecule has 1 fully saturated rings. The minimum Gasteiger partial charge on any atom is -0.369 e. The van der Waals surface area contributed by atoms with Gasteiger partial charge in [-0.05, 0) is 46.6 Å². The van der Waals surface area contributed by atoms with Crippen LogP contribution in [0.2, 0.25) is 0 Å². The summed E-state index contributed by atoms with van der Waals surface area (Å²) in [6, 6.07) is 0. The monoisotopic (exact) mass is 241 g/mol. The lowest BCUT2D eigenvalue weighted by molar-refractivity contribution is -0.130. The van der Waals surface area contributed by atoms with Gasteiger partial charge in [-0.15, -0.1) is 0 Å². The zero-order valence-corrected chi connectivity index (χ0v) is 10.9. The van der Waals surface area contributed by atoms with Gasteiger partial charge in [0.25, 0.3) is 0 Å². The van der Waals surface area contributed by atoms with Crippen molar-refractivity contribution in [3.05, 3.63) is 0 Å². The molecule has 0 radical (unpaired) electrons. The minimum absolute atomic E-state index is 0.0495. The SMILES string of the molecule is CC(C)(CNC(=O)C1(C)CCCCN1)C(N)=O. The van der Waals surface area contributed by atoms with E-state index in [9.17, 15) is 9.59 Å². The predicted octanol–water partition coefficient (Wildman–Crippen LogP) is 0.146. The van der Waals surface area contributed by atoms with Crippen LogP contribution in [-0.4, -0.2) is 30.4 Å². The Bertz CT molecular complexity index is 307. The highest BCUT2D eigenvalue weighted by Gasteiger charge is 2.35. The number of carbonyl (C=O) groups excluding carboxylic acids is 2. The first-order valence-electron chi connectivity index (χ1n) is 6.11. The van der Waals surface area contributed by atoms with Crippen molar-refractivity contribution >= 4 is 11.8 Å². The van der Waals surface area contributed by atoms with Gasteiger partial charge < -0.3 is 16.4 Å². The van der Waals surface area contributed by atoms with E-state index < -0.39 is 16.9 Å². The summed E-state index contributed by atoms with van der Waals surface area (Å²) in [6.45, 7) is 6.50. The highest BCUT2D eigenvalue weighted by atomic mass is 16.2. The summed E-state index contributed by atoms with van der Waals surface area (Å²) in [7, 11) is 0. The van der Waals surface area contributed by atoms with Gasteiger partial charge in [-0.1, -0.05) is 0 Å². The van der Waals surface area contributed by atoms with Crippen molar-refractivity contribution in [1.29, 1.82) is 0 Å². The number of amides is 2. The lowest BCUT2D eigenvalue weighted by Crippen LogP contribution is -2.58. The Balaban J connectivity index is 2.52. The summed E-state index contributed by atoms with van der Waals surface area (Å²) in [5.41, 5.74) is 4.05. The first kappa shape index (κ1) is 14.0. The number of nitrogens with one attached hydrogen (secondary N) is 2. The molecule has 0 aromatic rings. The number of piperidine rings is 1. The first-order chi connectivity index (χ1) is 7.78. The van der Waals surface area contributed by atoms with Crippen molar-refractivity contribution in [3.8, 4) is 0 Å². The van der Waals surface area contributed by atoms with Crippen LogP contribution in [0, 0.1) is 5.41 Å². The average Bonchev–Trinajstić information content (AvgIpc) is 2.26. The molecule has 0 aliphatic carbocycles. The topological polar surface area (TPSA) is 84.2 Å². The zero-order chi connectivity index (χ0) is 13.1. The van der Waals surface area contributed by atoms with Crippen LogP contribution in [-0.2, 0) is 9.59 Å². The molecule has 0 saturated carbocycles. The molecular weight excluding hydrogens is 218 g/mol. The third-order valence-electron chi connectivity index (χ3n) is 3.48. The molecule has 2 amide bonds. The van der Waals surface area contributed by atoms with Gasteiger partial charge in [0.15, 0.2) is 0 Å². The Morgan fingerprint density at radius 1 is 1.41 bits per heavy atom. The van der Waals surface area contributed by atoms with Crippen molar-refractivity contribution in [3.63, 3.8) is 0 Å². The third-order valence-corrected chi connectivity index (χ3v) is 3.48. The number of hydrogen-bond donors (Lipinski definition) is 3. The van der Waals surface area contributed by atoms with E-state index in [1.54, 1.807) is 13.8 Å². The summed E-state index contributed by atoms with van der Waals surface area (Å²) in [5.74, 6) is -0.453. The van der Waals surface area contributed by atoms with E-state index in [0.717, 1.165) is 25.8 Å². The van der Waals surface area contributed by atoms with Crippen molar-refractivity contribution in [2.24, 2.45) is 11.1 Å². The van der Waals surface area contributed by atoms with Gasteiger partial charge >= 0.3 is 0 Å². The highest BCUT2D eigenvalue weighted by Crippen LogP contribution is 2.19. The second-order valence-electron chi connectivity index (χ2n) is 5.65. The van der Waals surface area contributed by atoms with Crippen LogP contribution >= 0.6 is 0 Å². The van der Waals surface area contributed by atoms with Gasteiger partial charge in [0.2, 0.25) is 11.8 Å². The largest absolute Gasteiger partial charge is 0.369 e. The normalized spacial score (nSPS) is 25.4. The maximum atomic E-state index is 12.1. The van der Waals surface area contributed by atoms with Crippen molar-refractivity contribution in [1.82, 2.24) is 10.6 Å². The summed E-state index contributed by atoms with van der Waals surface area (Å²) in [5, 5.41) is 6.04. The van der Waals surface area contributed by atoms with Crippen molar-refractivity contribution in [2.75, 3.05) is 13.1 Å². The number of primary amides is 1. The predicted molar refractivity (Wildman–Crippen MR) is 66.2 cm³/mol. The van der Waals surface area contributed by atoms with E-state index in [-0.39, 0.29) is 12.5 Å². The molecular formula is C12H23N3O2. The molecule has 98 valence electrons. The van der Waals surface area contributed by atoms with Gasteiger partial charge in [0, 0.05) is 6.54 Å². The summed E-state index contributed by atoms with van der Waals surface area (Å²) < 4.78 is 0. The molecule has 1 aliphatic rings. The van der Waals surface area contributed by atoms with Crippen LogP contribution in [0.3, 0.4) is 0 Å². The lowest BCUT2D eigenvalue weighted by Gasteiger charge is -2.34. The molecule has 17 heavy (non-hydrogen) atoms. The Kier molecular flexibility index (Phi) is 4.14. The Labute approximate surface area is 103 Å². The fourth-order valence-corrected chi connectivity index (χ4v) is 1.83. The van der Waals surface area contributed by atoms with E-state index in [0.29, 0.717) is 0 Å². The van der Waals surface area contributed by atoms with E-state index >= 15 is 0 Å². The smallest absolute Gasteiger partial charge is 0.240 e. The molecule has 1 unspecified atom stereocenters. The molecule has 0 spiro atoms. The molecule has 5 nitrogen and oxygen atoms in total. The summed E-state index contributed by atoms with van der Waals surface area (Å²) >= 11 is 0. The Morgan fingerprint density at radius 3 is 2.53 bits per heavy atom. The minimum atomic E-state index is -0.708. The third kappa shape index (κ3) is 3.43. The van der Waals surface area contributed by atoms with Crippen LogP contribution < -0.4 is 16.4 Å². The van der Waals surface area contributed by atoms with E-state index in [4.69, 9.17) is 5.73 Å². The van der Waals surface area contributed by atoms with Gasteiger partial charge in [-0.25, -0.2) is 0 Å². The van der Waals surface area contributed by atoms with Crippen LogP contribution in [0.4, 0.5) is 0 Å². The number of nitrogens with two attached hydrogens (primary N) is 1. The molecule has 0 bridgehead atoms.